The first-order chi connectivity index (χ1) is 28.4. The number of allylic oxidation sites excluding steroid dienone is 14. The molecule has 0 rings (SSSR count). The largest absolute Gasteiger partial charge is 0.472 e. The zero-order valence-electron chi connectivity index (χ0n) is 37.3. The van der Waals surface area contributed by atoms with Gasteiger partial charge in [0, 0.05) is 12.8 Å². The summed E-state index contributed by atoms with van der Waals surface area (Å²) < 4.78 is 34.1. The number of quaternary nitrogens is 1. The molecule has 2 N–H and O–H groups in total. The molecular formula is C48H81NO9P+. The van der Waals surface area contributed by atoms with Crippen LogP contribution < -0.4 is 0 Å². The molecule has 11 heteroatoms. The molecule has 10 nitrogen and oxygen atoms in total. The second-order valence-electron chi connectivity index (χ2n) is 15.6. The number of aliphatic hydroxyl groups excluding tert-OH is 1. The fraction of sp³-hybridized carbons (Fsp3) is 0.625. The first-order valence-corrected chi connectivity index (χ1v) is 23.6. The number of hydrogen-bond donors (Lipinski definition) is 2. The predicted octanol–water partition coefficient (Wildman–Crippen LogP) is 11.5. The molecule has 0 radical (unpaired) electrons. The Morgan fingerprint density at radius 1 is 0.610 bits per heavy atom. The lowest BCUT2D eigenvalue weighted by atomic mass is 10.1. The molecule has 0 fully saturated rings. The molecule has 336 valence electrons. The molecule has 0 aliphatic rings. The maximum atomic E-state index is 12.7. The highest BCUT2D eigenvalue weighted by Crippen LogP contribution is 2.43. The number of carbonyl (C=O) groups is 2. The highest BCUT2D eigenvalue weighted by atomic mass is 31.2. The Morgan fingerprint density at radius 2 is 1.10 bits per heavy atom. The Morgan fingerprint density at radius 3 is 1.64 bits per heavy atom. The molecule has 0 aromatic rings. The summed E-state index contributed by atoms with van der Waals surface area (Å²) in [5, 5.41) is 10.0. The fourth-order valence-corrected chi connectivity index (χ4v) is 5.88. The lowest BCUT2D eigenvalue weighted by molar-refractivity contribution is -0.870. The monoisotopic (exact) mass is 847 g/mol. The zero-order chi connectivity index (χ0) is 43.7. The number of ether oxygens (including phenoxy) is 2. The van der Waals surface area contributed by atoms with Crippen molar-refractivity contribution in [2.45, 2.75) is 148 Å². The van der Waals surface area contributed by atoms with Crippen LogP contribution in [0.15, 0.2) is 97.2 Å². The number of nitrogens with zero attached hydrogens (tertiary/aromatic N) is 1. The van der Waals surface area contributed by atoms with E-state index in [1.165, 1.54) is 38.5 Å². The topological polar surface area (TPSA) is 129 Å². The van der Waals surface area contributed by atoms with Crippen LogP contribution in [0.4, 0.5) is 0 Å². The van der Waals surface area contributed by atoms with E-state index < -0.39 is 38.6 Å². The van der Waals surface area contributed by atoms with Gasteiger partial charge in [0.15, 0.2) is 6.10 Å². The van der Waals surface area contributed by atoms with Crippen molar-refractivity contribution in [1.82, 2.24) is 0 Å². The van der Waals surface area contributed by atoms with Crippen LogP contribution in [0.2, 0.25) is 0 Å². The summed E-state index contributed by atoms with van der Waals surface area (Å²) in [6.45, 7) is 4.11. The van der Waals surface area contributed by atoms with Crippen molar-refractivity contribution in [3.8, 4) is 0 Å². The van der Waals surface area contributed by atoms with Gasteiger partial charge in [-0.15, -0.1) is 0 Å². The Hall–Kier alpha value is -3.11. The minimum absolute atomic E-state index is 0.00250. The van der Waals surface area contributed by atoms with E-state index in [2.05, 4.69) is 62.5 Å². The Kier molecular flexibility index (Phi) is 37.0. The lowest BCUT2D eigenvalue weighted by Crippen LogP contribution is -2.37. The molecule has 0 bridgehead atoms. The van der Waals surface area contributed by atoms with Crippen LogP contribution in [0.25, 0.3) is 0 Å². The second kappa shape index (κ2) is 39.1. The highest BCUT2D eigenvalue weighted by Gasteiger charge is 2.27. The number of phosphoric ester groups is 1. The Labute approximate surface area is 358 Å². The molecule has 0 aromatic heterocycles. The predicted molar refractivity (Wildman–Crippen MR) is 244 cm³/mol. The molecule has 0 aromatic carbocycles. The van der Waals surface area contributed by atoms with E-state index in [4.69, 9.17) is 18.5 Å². The van der Waals surface area contributed by atoms with Crippen LogP contribution in [0.1, 0.15) is 136 Å². The van der Waals surface area contributed by atoms with Gasteiger partial charge in [0.25, 0.3) is 0 Å². The highest BCUT2D eigenvalue weighted by molar-refractivity contribution is 7.47. The molecule has 3 atom stereocenters. The molecular weight excluding hydrogens is 766 g/mol. The van der Waals surface area contributed by atoms with E-state index in [1.54, 1.807) is 6.08 Å². The fourth-order valence-electron chi connectivity index (χ4n) is 5.14. The molecule has 0 heterocycles. The number of likely N-dealkylation sites (N-methyl/N-ethyl adjacent to an activating group) is 1. The molecule has 0 aliphatic carbocycles. The van der Waals surface area contributed by atoms with Crippen LogP contribution in [-0.4, -0.2) is 86.1 Å². The smallest absolute Gasteiger partial charge is 0.462 e. The van der Waals surface area contributed by atoms with Gasteiger partial charge in [0.2, 0.25) is 0 Å². The summed E-state index contributed by atoms with van der Waals surface area (Å²) in [5.74, 6) is -0.980. The van der Waals surface area contributed by atoms with Gasteiger partial charge in [-0.25, -0.2) is 4.57 Å². The summed E-state index contributed by atoms with van der Waals surface area (Å²) in [7, 11) is 1.36. The van der Waals surface area contributed by atoms with E-state index in [-0.39, 0.29) is 26.1 Å². The number of rotatable bonds is 38. The molecule has 0 saturated carbocycles. The number of carbonyl (C=O) groups excluding carboxylic acids is 2. The second-order valence-corrected chi connectivity index (χ2v) is 17.0. The molecule has 1 unspecified atom stereocenters. The number of hydrogen-bond acceptors (Lipinski definition) is 8. The van der Waals surface area contributed by atoms with E-state index in [0.717, 1.165) is 38.5 Å². The standard InChI is InChI=1S/C48H80NO9P/c1-6-8-10-12-14-15-16-17-18-19-20-21-22-23-28-32-36-40-48(52)58-46(44-57-59(53,54)56-42-41-49(3,4)5)43-55-47(51)39-35-31-27-25-24-26-30-34-38-45(50)37-33-29-13-11-9-7-2/h14-15,17-18,20-21,23,25-30,33-34,38,45-46,50H,6-13,16,19,22,24,31-32,35-37,39-44H2,1-5H3/p+1/b15-14-,18-17-,21-20-,27-25-,28-23-,30-26-,33-29-,38-34+/t45-,46-/m1/s1. The van der Waals surface area contributed by atoms with E-state index >= 15 is 0 Å². The SMILES string of the molecule is CCCCC/C=C\C/C=C\C/C=C\C/C=C\CCCC(=O)O[C@H](COC(=O)CCC/C=C\C/C=C\C=C\[C@H](O)C/C=C\CCCCC)COP(=O)(O)OCC[N+](C)(C)C. The van der Waals surface area contributed by atoms with Crippen molar-refractivity contribution in [2.24, 2.45) is 0 Å². The average molecular weight is 847 g/mol. The molecule has 0 spiro atoms. The maximum Gasteiger partial charge on any atom is 0.472 e. The number of aliphatic hydroxyl groups is 1. The minimum Gasteiger partial charge on any atom is -0.462 e. The quantitative estimate of drug-likeness (QED) is 0.0156. The van der Waals surface area contributed by atoms with Crippen LogP contribution in [0, 0.1) is 0 Å². The summed E-state index contributed by atoms with van der Waals surface area (Å²) in [4.78, 5) is 35.3. The zero-order valence-corrected chi connectivity index (χ0v) is 38.2. The van der Waals surface area contributed by atoms with E-state index in [0.29, 0.717) is 43.1 Å². The van der Waals surface area contributed by atoms with Gasteiger partial charge in [-0.05, 0) is 83.5 Å². The summed E-state index contributed by atoms with van der Waals surface area (Å²) >= 11 is 0. The minimum atomic E-state index is -4.42. The van der Waals surface area contributed by atoms with Gasteiger partial charge in [0.05, 0.1) is 33.9 Å². The van der Waals surface area contributed by atoms with Crippen molar-refractivity contribution in [3.05, 3.63) is 97.2 Å². The van der Waals surface area contributed by atoms with Crippen molar-refractivity contribution >= 4 is 19.8 Å². The summed E-state index contributed by atoms with van der Waals surface area (Å²) in [6.07, 6.45) is 47.8. The van der Waals surface area contributed by atoms with Crippen molar-refractivity contribution < 1.29 is 47.2 Å². The first kappa shape index (κ1) is 55.9. The van der Waals surface area contributed by atoms with Crippen molar-refractivity contribution in [2.75, 3.05) is 47.5 Å². The number of esters is 2. The number of unbranched alkanes of at least 4 members (excludes halogenated alkanes) is 8. The molecule has 0 aliphatic heterocycles. The Balaban J connectivity index is 4.64. The van der Waals surface area contributed by atoms with Gasteiger partial charge in [-0.2, -0.15) is 0 Å². The number of phosphoric acid groups is 1. The van der Waals surface area contributed by atoms with E-state index in [9.17, 15) is 24.2 Å². The molecule has 0 saturated heterocycles. The third-order valence-corrected chi connectivity index (χ3v) is 9.65. The summed E-state index contributed by atoms with van der Waals surface area (Å²) in [6, 6.07) is 0. The van der Waals surface area contributed by atoms with E-state index in [1.807, 2.05) is 63.7 Å². The normalized spacial score (nSPS) is 15.0. The van der Waals surface area contributed by atoms with Gasteiger partial charge in [0.1, 0.15) is 19.8 Å². The lowest BCUT2D eigenvalue weighted by Gasteiger charge is -2.24. The van der Waals surface area contributed by atoms with Gasteiger partial charge in [-0.3, -0.25) is 18.6 Å². The molecule has 0 amide bonds. The van der Waals surface area contributed by atoms with Crippen LogP contribution >= 0.6 is 7.82 Å². The summed E-state index contributed by atoms with van der Waals surface area (Å²) in [5.41, 5.74) is 0. The molecule has 59 heavy (non-hydrogen) atoms. The van der Waals surface area contributed by atoms with Crippen molar-refractivity contribution in [1.29, 1.82) is 0 Å². The van der Waals surface area contributed by atoms with Crippen LogP contribution in [0.3, 0.4) is 0 Å². The van der Waals surface area contributed by atoms with Gasteiger partial charge in [-0.1, -0.05) is 137 Å². The Bertz CT molecular complexity index is 1340. The maximum absolute atomic E-state index is 12.7. The van der Waals surface area contributed by atoms with Gasteiger partial charge < -0.3 is 24.0 Å². The first-order valence-electron chi connectivity index (χ1n) is 22.1. The van der Waals surface area contributed by atoms with Gasteiger partial charge >= 0.3 is 19.8 Å². The van der Waals surface area contributed by atoms with Crippen LogP contribution in [0.5, 0.6) is 0 Å². The third kappa shape index (κ3) is 42.8. The van der Waals surface area contributed by atoms with Crippen LogP contribution in [-0.2, 0) is 32.7 Å². The van der Waals surface area contributed by atoms with Crippen molar-refractivity contribution in [3.63, 3.8) is 0 Å². The average Bonchev–Trinajstić information content (AvgIpc) is 3.18. The third-order valence-electron chi connectivity index (χ3n) is 8.67.